The average molecular weight is 276 g/mol. The summed E-state index contributed by atoms with van der Waals surface area (Å²) in [6, 6.07) is 8.07. The number of nitrogens with zero attached hydrogens (tertiary/aromatic N) is 2. The molecule has 0 amide bonds. The minimum absolute atomic E-state index is 0.249. The van der Waals surface area contributed by atoms with Gasteiger partial charge in [0.2, 0.25) is 0 Å². The number of hydrogen-bond acceptors (Lipinski definition) is 5. The highest BCUT2D eigenvalue weighted by atomic mass is 32.2. The predicted octanol–water partition coefficient (Wildman–Crippen LogP) is 2.58. The maximum absolute atomic E-state index is 5.46. The first-order valence-corrected chi connectivity index (χ1v) is 6.85. The van der Waals surface area contributed by atoms with Gasteiger partial charge < -0.3 is 11.1 Å². The van der Waals surface area contributed by atoms with Crippen molar-refractivity contribution in [2.24, 2.45) is 5.73 Å². The molecular weight excluding hydrogens is 264 g/mol. The van der Waals surface area contributed by atoms with Crippen molar-refractivity contribution in [3.05, 3.63) is 42.4 Å². The van der Waals surface area contributed by atoms with Gasteiger partial charge in [-0.25, -0.2) is 9.97 Å². The van der Waals surface area contributed by atoms with E-state index in [4.69, 9.17) is 18.0 Å². The lowest BCUT2D eigenvalue weighted by molar-refractivity contribution is 1.18. The molecule has 4 nitrogen and oxygen atoms in total. The van der Waals surface area contributed by atoms with Crippen LogP contribution in [-0.4, -0.2) is 21.2 Å². The van der Waals surface area contributed by atoms with Crippen molar-refractivity contribution in [2.45, 2.75) is 4.90 Å². The van der Waals surface area contributed by atoms with Crippen LogP contribution in [0.4, 0.5) is 11.5 Å². The molecular formula is C12H12N4S2. The maximum atomic E-state index is 5.46. The van der Waals surface area contributed by atoms with Gasteiger partial charge in [-0.3, -0.25) is 0 Å². The summed E-state index contributed by atoms with van der Waals surface area (Å²) in [5.74, 6) is 0.660. The van der Waals surface area contributed by atoms with E-state index in [0.717, 1.165) is 5.69 Å². The van der Waals surface area contributed by atoms with E-state index >= 15 is 0 Å². The average Bonchev–Trinajstić information content (AvgIpc) is 2.39. The van der Waals surface area contributed by atoms with Crippen LogP contribution >= 0.6 is 24.0 Å². The Hall–Kier alpha value is -1.66. The van der Waals surface area contributed by atoms with Crippen molar-refractivity contribution in [3.8, 4) is 0 Å². The normalized spacial score (nSPS) is 10.1. The zero-order chi connectivity index (χ0) is 13.0. The Morgan fingerprint density at radius 3 is 2.78 bits per heavy atom. The van der Waals surface area contributed by atoms with Gasteiger partial charge >= 0.3 is 0 Å². The molecule has 0 saturated carbocycles. The monoisotopic (exact) mass is 276 g/mol. The van der Waals surface area contributed by atoms with Crippen molar-refractivity contribution in [3.63, 3.8) is 0 Å². The Balaban J connectivity index is 2.15. The summed E-state index contributed by atoms with van der Waals surface area (Å²) in [7, 11) is 0. The van der Waals surface area contributed by atoms with E-state index in [1.54, 1.807) is 24.2 Å². The molecule has 0 spiro atoms. The Morgan fingerprint density at radius 1 is 1.33 bits per heavy atom. The van der Waals surface area contributed by atoms with Gasteiger partial charge in [0.1, 0.15) is 16.5 Å². The molecule has 0 aliphatic carbocycles. The number of aromatic nitrogens is 2. The van der Waals surface area contributed by atoms with Crippen molar-refractivity contribution >= 4 is 40.5 Å². The molecule has 0 unspecified atom stereocenters. The fourth-order valence-corrected chi connectivity index (χ4v) is 1.93. The molecule has 0 atom stereocenters. The predicted molar refractivity (Wildman–Crippen MR) is 79.4 cm³/mol. The second kappa shape index (κ2) is 5.79. The fraction of sp³-hybridized carbons (Fsp3) is 0.0833. The maximum Gasteiger partial charge on any atom is 0.148 e. The quantitative estimate of drug-likeness (QED) is 0.661. The molecule has 2 rings (SSSR count). The highest BCUT2D eigenvalue weighted by Crippen LogP contribution is 2.21. The van der Waals surface area contributed by atoms with Crippen LogP contribution in [0.1, 0.15) is 5.69 Å². The van der Waals surface area contributed by atoms with Gasteiger partial charge in [-0.15, -0.1) is 11.8 Å². The number of thioether (sulfide) groups is 1. The number of thiocarbonyl (C=S) groups is 1. The molecule has 2 aromatic rings. The zero-order valence-corrected chi connectivity index (χ0v) is 11.4. The molecule has 1 heterocycles. The zero-order valence-electron chi connectivity index (χ0n) is 9.75. The molecule has 0 bridgehead atoms. The Morgan fingerprint density at radius 2 is 2.17 bits per heavy atom. The highest BCUT2D eigenvalue weighted by molar-refractivity contribution is 7.98. The fourth-order valence-electron chi connectivity index (χ4n) is 1.37. The third-order valence-corrected chi connectivity index (χ3v) is 3.18. The van der Waals surface area contributed by atoms with Crippen molar-refractivity contribution in [1.29, 1.82) is 0 Å². The van der Waals surface area contributed by atoms with E-state index in [2.05, 4.69) is 21.4 Å². The second-order valence-corrected chi connectivity index (χ2v) is 4.83. The topological polar surface area (TPSA) is 63.8 Å². The summed E-state index contributed by atoms with van der Waals surface area (Å²) in [6.45, 7) is 0. The second-order valence-electron chi connectivity index (χ2n) is 3.51. The molecule has 0 radical (unpaired) electrons. The van der Waals surface area contributed by atoms with E-state index in [0.29, 0.717) is 11.5 Å². The number of rotatable bonds is 4. The van der Waals surface area contributed by atoms with Crippen molar-refractivity contribution < 1.29 is 0 Å². The van der Waals surface area contributed by atoms with E-state index in [1.165, 1.54) is 4.90 Å². The molecule has 3 N–H and O–H groups in total. The van der Waals surface area contributed by atoms with Crippen molar-refractivity contribution in [2.75, 3.05) is 11.6 Å². The van der Waals surface area contributed by atoms with Crippen molar-refractivity contribution in [1.82, 2.24) is 9.97 Å². The Labute approximate surface area is 115 Å². The van der Waals surface area contributed by atoms with Crippen LogP contribution in [0.2, 0.25) is 0 Å². The van der Waals surface area contributed by atoms with Gasteiger partial charge in [0.25, 0.3) is 0 Å². The van der Waals surface area contributed by atoms with E-state index in [-0.39, 0.29) is 4.99 Å². The third kappa shape index (κ3) is 3.18. The van der Waals surface area contributed by atoms with Crippen LogP contribution in [0, 0.1) is 0 Å². The summed E-state index contributed by atoms with van der Waals surface area (Å²) in [6.07, 6.45) is 5.21. The lowest BCUT2D eigenvalue weighted by Crippen LogP contribution is -2.12. The Kier molecular flexibility index (Phi) is 4.11. The summed E-state index contributed by atoms with van der Waals surface area (Å²) in [5.41, 5.74) is 6.95. The summed E-state index contributed by atoms with van der Waals surface area (Å²) in [5, 5.41) is 3.17. The number of anilines is 2. The van der Waals surface area contributed by atoms with E-state index in [1.807, 2.05) is 24.5 Å². The molecule has 18 heavy (non-hydrogen) atoms. The van der Waals surface area contributed by atoms with Crippen LogP contribution in [0.5, 0.6) is 0 Å². The van der Waals surface area contributed by atoms with Gasteiger partial charge in [0, 0.05) is 10.6 Å². The lowest BCUT2D eigenvalue weighted by Gasteiger charge is -2.06. The molecule has 6 heteroatoms. The van der Waals surface area contributed by atoms with Gasteiger partial charge in [-0.2, -0.15) is 0 Å². The summed E-state index contributed by atoms with van der Waals surface area (Å²) < 4.78 is 0. The summed E-state index contributed by atoms with van der Waals surface area (Å²) >= 11 is 6.51. The van der Waals surface area contributed by atoms with Crippen LogP contribution in [0.15, 0.2) is 41.6 Å². The first-order chi connectivity index (χ1) is 8.69. The molecule has 0 saturated heterocycles. The molecule has 0 aliphatic rings. The number of nitrogens with one attached hydrogen (secondary N) is 1. The van der Waals surface area contributed by atoms with Crippen LogP contribution in [0.25, 0.3) is 0 Å². The first-order valence-electron chi connectivity index (χ1n) is 5.22. The number of hydrogen-bond donors (Lipinski definition) is 2. The minimum atomic E-state index is 0.249. The largest absolute Gasteiger partial charge is 0.388 e. The van der Waals surface area contributed by atoms with Crippen LogP contribution < -0.4 is 11.1 Å². The van der Waals surface area contributed by atoms with Gasteiger partial charge in [0.15, 0.2) is 0 Å². The highest BCUT2D eigenvalue weighted by Gasteiger charge is 2.01. The molecule has 1 aromatic carbocycles. The Bertz CT molecular complexity index is 554. The molecule has 0 aliphatic heterocycles. The lowest BCUT2D eigenvalue weighted by atomic mass is 10.3. The van der Waals surface area contributed by atoms with Crippen LogP contribution in [0.3, 0.4) is 0 Å². The molecule has 92 valence electrons. The van der Waals surface area contributed by atoms with E-state index < -0.39 is 0 Å². The third-order valence-electron chi connectivity index (χ3n) is 2.25. The van der Waals surface area contributed by atoms with Crippen LogP contribution in [-0.2, 0) is 0 Å². The SMILES string of the molecule is CSc1cccc(Nc2cnc(C(N)=S)cn2)c1. The van der Waals surface area contributed by atoms with Gasteiger partial charge in [-0.1, -0.05) is 18.3 Å². The number of benzene rings is 1. The number of nitrogens with two attached hydrogens (primary N) is 1. The minimum Gasteiger partial charge on any atom is -0.388 e. The van der Waals surface area contributed by atoms with Gasteiger partial charge in [0.05, 0.1) is 12.4 Å². The van der Waals surface area contributed by atoms with E-state index in [9.17, 15) is 0 Å². The molecule has 1 aromatic heterocycles. The smallest absolute Gasteiger partial charge is 0.148 e. The first kappa shape index (κ1) is 12.8. The summed E-state index contributed by atoms with van der Waals surface area (Å²) in [4.78, 5) is 9.76. The van der Waals surface area contributed by atoms with Gasteiger partial charge in [-0.05, 0) is 24.5 Å². The standard InChI is InChI=1S/C12H12N4S2/c1-18-9-4-2-3-8(5-9)16-11-7-14-10(6-15-11)12(13)17/h2-7H,1H3,(H2,13,17)(H,15,16). The molecule has 0 fully saturated rings.